The van der Waals surface area contributed by atoms with Gasteiger partial charge >= 0.3 is 12.2 Å². The number of aromatic amines is 2. The molecule has 0 radical (unpaired) electrons. The molecule has 1 fully saturated rings. The van der Waals surface area contributed by atoms with Crippen molar-refractivity contribution in [1.82, 2.24) is 40.8 Å². The van der Waals surface area contributed by atoms with Crippen LogP contribution in [0.2, 0.25) is 0 Å². The van der Waals surface area contributed by atoms with E-state index in [-0.39, 0.29) is 30.2 Å². The Morgan fingerprint density at radius 2 is 1.26 bits per heavy atom. The van der Waals surface area contributed by atoms with Gasteiger partial charge in [-0.2, -0.15) is 0 Å². The zero-order valence-corrected chi connectivity index (χ0v) is 32.1. The molecule has 0 saturated heterocycles. The molecule has 2 heterocycles. The maximum absolute atomic E-state index is 13.4. The number of benzene rings is 2. The molecule has 2 atom stereocenters. The molecule has 0 unspecified atom stereocenters. The van der Waals surface area contributed by atoms with Gasteiger partial charge in [0.25, 0.3) is 0 Å². The van der Waals surface area contributed by atoms with Crippen LogP contribution >= 0.6 is 0 Å². The first-order valence-corrected chi connectivity index (χ1v) is 18.5. The van der Waals surface area contributed by atoms with Gasteiger partial charge in [-0.1, -0.05) is 83.1 Å². The van der Waals surface area contributed by atoms with Crippen molar-refractivity contribution in [3.63, 3.8) is 0 Å². The van der Waals surface area contributed by atoms with Gasteiger partial charge in [-0.15, -0.1) is 0 Å². The van der Waals surface area contributed by atoms with Crippen molar-refractivity contribution in [3.8, 4) is 33.6 Å². The second kappa shape index (κ2) is 17.4. The molecular formula is C40H52N8O6. The van der Waals surface area contributed by atoms with Crippen LogP contribution in [0, 0.1) is 11.8 Å². The minimum atomic E-state index is -0.733. The quantitative estimate of drug-likeness (QED) is 0.0965. The number of hydrogen-bond donors (Lipinski definition) is 5. The first-order chi connectivity index (χ1) is 25.9. The van der Waals surface area contributed by atoms with Gasteiger partial charge in [-0.3, -0.25) is 9.59 Å². The van der Waals surface area contributed by atoms with Gasteiger partial charge in [-0.05, 0) is 59.8 Å². The van der Waals surface area contributed by atoms with Crippen molar-refractivity contribution in [2.75, 3.05) is 20.8 Å². The normalized spacial score (nSPS) is 14.5. The summed E-state index contributed by atoms with van der Waals surface area (Å²) in [6.45, 7) is 10.3. The van der Waals surface area contributed by atoms with Gasteiger partial charge in [0.1, 0.15) is 23.7 Å². The molecule has 0 spiro atoms. The van der Waals surface area contributed by atoms with Crippen molar-refractivity contribution in [2.45, 2.75) is 84.5 Å². The molecule has 14 nitrogen and oxygen atoms in total. The minimum Gasteiger partial charge on any atom is -0.453 e. The van der Waals surface area contributed by atoms with Crippen molar-refractivity contribution in [3.05, 3.63) is 72.6 Å². The Hall–Kier alpha value is -5.66. The summed E-state index contributed by atoms with van der Waals surface area (Å²) >= 11 is 0. The van der Waals surface area contributed by atoms with Gasteiger partial charge in [0.15, 0.2) is 0 Å². The lowest BCUT2D eigenvalue weighted by Crippen LogP contribution is -2.58. The number of amides is 4. The maximum atomic E-state index is 13.4. The molecule has 1 saturated carbocycles. The van der Waals surface area contributed by atoms with Crippen LogP contribution in [-0.2, 0) is 31.1 Å². The van der Waals surface area contributed by atoms with Crippen LogP contribution in [0.5, 0.6) is 0 Å². The highest BCUT2D eigenvalue weighted by Gasteiger charge is 2.44. The number of carbonyl (C=O) groups excluding carboxylic acids is 4. The van der Waals surface area contributed by atoms with Crippen LogP contribution in [0.4, 0.5) is 9.59 Å². The predicted molar refractivity (Wildman–Crippen MR) is 205 cm³/mol. The van der Waals surface area contributed by atoms with Crippen LogP contribution in [0.1, 0.15) is 72.0 Å². The molecule has 14 heteroatoms. The highest BCUT2D eigenvalue weighted by molar-refractivity contribution is 5.87. The standard InChI is InChI=1S/C40H52N8O6/c1-8-20-48(36(50)34(25(4)5)46-39(52)54-7)23-32-41-21-30(43-32)28-14-10-26(11-15-28)27-12-16-29(17-13-27)31-22-42-37(44-31)40(18-9-19-40)47-35(49)33(24(2)3)45-38(51)53-6/h10-17,21-22,24-25,33-34H,8-9,18-20,23H2,1-7H3,(H,41,43)(H,42,44)(H,45,51)(H,46,52)(H,47,49)/t33-,34-/m0/s1. The fraction of sp³-hybridized carbons (Fsp3) is 0.450. The number of methoxy groups -OCH3 is 2. The highest BCUT2D eigenvalue weighted by Crippen LogP contribution is 2.41. The molecule has 2 aromatic heterocycles. The van der Waals surface area contributed by atoms with E-state index in [0.717, 1.165) is 59.3 Å². The molecule has 4 aromatic rings. The Balaban J connectivity index is 1.24. The van der Waals surface area contributed by atoms with E-state index < -0.39 is 29.8 Å². The van der Waals surface area contributed by atoms with Crippen molar-refractivity contribution >= 4 is 24.0 Å². The predicted octanol–water partition coefficient (Wildman–Crippen LogP) is 6.13. The van der Waals surface area contributed by atoms with Crippen molar-refractivity contribution in [2.24, 2.45) is 11.8 Å². The third kappa shape index (κ3) is 9.10. The van der Waals surface area contributed by atoms with E-state index >= 15 is 0 Å². The SMILES string of the molecule is CCCN(Cc1ncc(-c2ccc(-c3ccc(-c4cnc(C5(NC(=O)[C@@H](NC(=O)OC)C(C)C)CCC5)[nH]4)cc3)cc2)[nH]1)C(=O)[C@@H](NC(=O)OC)C(C)C. The number of ether oxygens (including phenoxy) is 2. The Morgan fingerprint density at radius 3 is 1.74 bits per heavy atom. The van der Waals surface area contributed by atoms with Crippen LogP contribution < -0.4 is 16.0 Å². The maximum Gasteiger partial charge on any atom is 0.407 e. The van der Waals surface area contributed by atoms with E-state index in [0.29, 0.717) is 18.2 Å². The lowest BCUT2D eigenvalue weighted by molar-refractivity contribution is -0.135. The number of rotatable bonds is 15. The molecule has 5 N–H and O–H groups in total. The minimum absolute atomic E-state index is 0.121. The lowest BCUT2D eigenvalue weighted by Gasteiger charge is -2.42. The molecular weight excluding hydrogens is 688 g/mol. The topological polar surface area (TPSA) is 183 Å². The van der Waals surface area contributed by atoms with Crippen LogP contribution in [0.25, 0.3) is 33.6 Å². The smallest absolute Gasteiger partial charge is 0.407 e. The van der Waals surface area contributed by atoms with Crippen LogP contribution in [0.3, 0.4) is 0 Å². The fourth-order valence-electron chi connectivity index (χ4n) is 6.58. The highest BCUT2D eigenvalue weighted by atomic mass is 16.5. The van der Waals surface area contributed by atoms with Crippen molar-refractivity contribution in [1.29, 1.82) is 0 Å². The van der Waals surface area contributed by atoms with Gasteiger partial charge in [0.2, 0.25) is 11.8 Å². The Bertz CT molecular complexity index is 1900. The lowest BCUT2D eigenvalue weighted by atomic mass is 9.75. The molecule has 54 heavy (non-hydrogen) atoms. The summed E-state index contributed by atoms with van der Waals surface area (Å²) in [5, 5.41) is 8.47. The van der Waals surface area contributed by atoms with E-state index in [4.69, 9.17) is 9.47 Å². The molecule has 1 aliphatic rings. The zero-order valence-electron chi connectivity index (χ0n) is 32.1. The molecule has 2 aromatic carbocycles. The molecule has 1 aliphatic carbocycles. The Morgan fingerprint density at radius 1 is 0.759 bits per heavy atom. The monoisotopic (exact) mass is 740 g/mol. The molecule has 288 valence electrons. The average Bonchev–Trinajstić information content (AvgIpc) is 3.84. The third-order valence-electron chi connectivity index (χ3n) is 9.90. The summed E-state index contributed by atoms with van der Waals surface area (Å²) in [6.07, 6.45) is 5.47. The van der Waals surface area contributed by atoms with Crippen LogP contribution in [0.15, 0.2) is 60.9 Å². The van der Waals surface area contributed by atoms with Crippen molar-refractivity contribution < 1.29 is 28.7 Å². The van der Waals surface area contributed by atoms with Gasteiger partial charge in [0.05, 0.1) is 50.1 Å². The summed E-state index contributed by atoms with van der Waals surface area (Å²) < 4.78 is 9.45. The van der Waals surface area contributed by atoms with Gasteiger partial charge in [0, 0.05) is 6.54 Å². The summed E-state index contributed by atoms with van der Waals surface area (Å²) in [5.74, 6) is 0.637. The first kappa shape index (κ1) is 39.5. The number of H-pyrrole nitrogens is 2. The summed E-state index contributed by atoms with van der Waals surface area (Å²) in [5.41, 5.74) is 5.06. The Kier molecular flexibility index (Phi) is 12.8. The molecule has 5 rings (SSSR count). The Labute approximate surface area is 316 Å². The van der Waals surface area contributed by atoms with E-state index in [1.165, 1.54) is 14.2 Å². The number of aromatic nitrogens is 4. The second-order valence-electron chi connectivity index (χ2n) is 14.4. The second-order valence-corrected chi connectivity index (χ2v) is 14.4. The summed E-state index contributed by atoms with van der Waals surface area (Å²) in [4.78, 5) is 68.2. The number of imidazole rings is 2. The molecule has 0 aliphatic heterocycles. The van der Waals surface area contributed by atoms with Gasteiger partial charge < -0.3 is 40.3 Å². The van der Waals surface area contributed by atoms with E-state index in [2.05, 4.69) is 60.2 Å². The molecule has 0 bridgehead atoms. The largest absolute Gasteiger partial charge is 0.453 e. The van der Waals surface area contributed by atoms with Crippen LogP contribution in [-0.4, -0.2) is 81.7 Å². The number of hydrogen-bond acceptors (Lipinski definition) is 8. The average molecular weight is 741 g/mol. The zero-order chi connectivity index (χ0) is 39.0. The fourth-order valence-corrected chi connectivity index (χ4v) is 6.58. The van der Waals surface area contributed by atoms with E-state index in [1.807, 2.05) is 58.9 Å². The molecule has 4 amide bonds. The number of nitrogens with zero attached hydrogens (tertiary/aromatic N) is 3. The summed E-state index contributed by atoms with van der Waals surface area (Å²) in [6, 6.07) is 14.9. The first-order valence-electron chi connectivity index (χ1n) is 18.5. The summed E-state index contributed by atoms with van der Waals surface area (Å²) in [7, 11) is 2.55. The number of alkyl carbamates (subject to hydrolysis) is 2. The third-order valence-corrected chi connectivity index (χ3v) is 9.90. The number of nitrogens with one attached hydrogen (secondary N) is 5. The van der Waals surface area contributed by atoms with Gasteiger partial charge in [-0.25, -0.2) is 19.6 Å². The number of carbonyl (C=O) groups is 4. The van der Waals surface area contributed by atoms with E-state index in [1.54, 1.807) is 17.3 Å². The van der Waals surface area contributed by atoms with E-state index in [9.17, 15) is 19.2 Å².